The van der Waals surface area contributed by atoms with Crippen molar-refractivity contribution in [2.45, 2.75) is 27.3 Å². The third kappa shape index (κ3) is 2.50. The van der Waals surface area contributed by atoms with Gasteiger partial charge in [0.15, 0.2) is 5.43 Å². The van der Waals surface area contributed by atoms with Crippen LogP contribution in [-0.4, -0.2) is 15.6 Å². The highest BCUT2D eigenvalue weighted by Gasteiger charge is 2.19. The normalized spacial score (nSPS) is 12.4. The monoisotopic (exact) mass is 249 g/mol. The first-order valence-electron chi connectivity index (χ1n) is 5.57. The minimum atomic E-state index is -0.827. The second kappa shape index (κ2) is 4.15. The van der Waals surface area contributed by atoms with Gasteiger partial charge in [0.2, 0.25) is 0 Å². The predicted octanol–water partition coefficient (Wildman–Crippen LogP) is 3.97. The number of carbonyl (C=O) groups is 1. The van der Waals surface area contributed by atoms with Crippen molar-refractivity contribution >= 4 is 24.8 Å². The van der Waals surface area contributed by atoms with Gasteiger partial charge in [-0.05, 0) is 25.7 Å². The van der Waals surface area contributed by atoms with E-state index in [1.807, 2.05) is 28.8 Å². The maximum atomic E-state index is 11.3. The number of hydrogen-bond acceptors (Lipinski definition) is 1. The Hall–Kier alpha value is -1.34. The third-order valence-corrected chi connectivity index (χ3v) is 3.74. The molecule has 2 rings (SSSR count). The maximum absolute atomic E-state index is 11.3. The molecule has 1 heterocycles. The summed E-state index contributed by atoms with van der Waals surface area (Å²) < 4.78 is 1.93. The highest BCUT2D eigenvalue weighted by Crippen LogP contribution is 2.32. The van der Waals surface area contributed by atoms with Gasteiger partial charge in [0.25, 0.3) is 0 Å². The quantitative estimate of drug-likeness (QED) is 0.875. The fourth-order valence-electron chi connectivity index (χ4n) is 1.87. The van der Waals surface area contributed by atoms with Gasteiger partial charge in [-0.15, -0.1) is 0 Å². The molecule has 4 heteroatoms. The van der Waals surface area contributed by atoms with Crippen molar-refractivity contribution in [3.8, 4) is 0 Å². The molecule has 0 saturated carbocycles. The molecule has 0 spiro atoms. The van der Waals surface area contributed by atoms with Crippen molar-refractivity contribution in [1.82, 2.24) is 4.57 Å². The Labute approximate surface area is 102 Å². The Morgan fingerprint density at radius 2 is 2.00 bits per heavy atom. The van der Waals surface area contributed by atoms with Crippen LogP contribution in [0.3, 0.4) is 0 Å². The standard InChI is InChI=1S/C13H16NO2P/c1-13(2,3)8-14-9-6-4-5-7-10(9)17-11(14)12(15)16/h4-7H,8H2,1-3H3,(H,15,16). The van der Waals surface area contributed by atoms with Gasteiger partial charge in [0.1, 0.15) is 0 Å². The fourth-order valence-corrected chi connectivity index (χ4v) is 2.97. The minimum absolute atomic E-state index is 0.0632. The van der Waals surface area contributed by atoms with E-state index < -0.39 is 5.97 Å². The summed E-state index contributed by atoms with van der Waals surface area (Å²) in [4.78, 5) is 11.3. The Balaban J connectivity index is 2.64. The van der Waals surface area contributed by atoms with Crippen molar-refractivity contribution in [3.05, 3.63) is 29.7 Å². The van der Waals surface area contributed by atoms with Gasteiger partial charge in [0.05, 0.1) is 5.52 Å². The summed E-state index contributed by atoms with van der Waals surface area (Å²) in [7, 11) is 0.798. The average molecular weight is 249 g/mol. The lowest BCUT2D eigenvalue weighted by molar-refractivity contribution is 0.0689. The van der Waals surface area contributed by atoms with Crippen LogP contribution in [0, 0.1) is 5.41 Å². The first-order chi connectivity index (χ1) is 7.88. The van der Waals surface area contributed by atoms with Crippen molar-refractivity contribution < 1.29 is 9.90 Å². The number of aromatic carboxylic acids is 1. The minimum Gasteiger partial charge on any atom is -0.476 e. The summed E-state index contributed by atoms with van der Waals surface area (Å²) in [6, 6.07) is 7.88. The van der Waals surface area contributed by atoms with Gasteiger partial charge in [-0.25, -0.2) is 4.79 Å². The van der Waals surface area contributed by atoms with Gasteiger partial charge in [0, 0.05) is 11.7 Å². The Morgan fingerprint density at radius 3 is 2.59 bits per heavy atom. The van der Waals surface area contributed by atoms with Crippen LogP contribution in [-0.2, 0) is 6.54 Å². The highest BCUT2D eigenvalue weighted by molar-refractivity contribution is 7.39. The van der Waals surface area contributed by atoms with E-state index in [4.69, 9.17) is 0 Å². The number of rotatable bonds is 2. The molecule has 0 atom stereocenters. The SMILES string of the molecule is CC(C)(C)Cn1c(C(=O)O)pc2ccccc21. The zero-order chi connectivity index (χ0) is 12.6. The molecule has 0 aliphatic heterocycles. The molecule has 1 aromatic carbocycles. The summed E-state index contributed by atoms with van der Waals surface area (Å²) >= 11 is 0. The van der Waals surface area contributed by atoms with Crippen LogP contribution < -0.4 is 0 Å². The highest BCUT2D eigenvalue weighted by atomic mass is 31.0. The topological polar surface area (TPSA) is 42.2 Å². The molecule has 3 nitrogen and oxygen atoms in total. The van der Waals surface area contributed by atoms with Crippen molar-refractivity contribution in [3.63, 3.8) is 0 Å². The molecule has 0 aliphatic carbocycles. The van der Waals surface area contributed by atoms with E-state index in [2.05, 4.69) is 20.8 Å². The number of aromatic nitrogens is 1. The van der Waals surface area contributed by atoms with Crippen LogP contribution >= 0.6 is 8.19 Å². The molecular formula is C13H16NO2P. The molecule has 0 amide bonds. The summed E-state index contributed by atoms with van der Waals surface area (Å²) in [6.45, 7) is 7.07. The lowest BCUT2D eigenvalue weighted by Crippen LogP contribution is -2.18. The van der Waals surface area contributed by atoms with Gasteiger partial charge in [-0.2, -0.15) is 0 Å². The molecule has 2 aromatic rings. The number of fused-ring (bicyclic) bond motifs is 1. The first-order valence-corrected chi connectivity index (χ1v) is 6.46. The number of nitrogens with zero attached hydrogens (tertiary/aromatic N) is 1. The Kier molecular flexibility index (Phi) is 2.96. The lowest BCUT2D eigenvalue weighted by atomic mass is 9.97. The van der Waals surface area contributed by atoms with Crippen molar-refractivity contribution in [2.24, 2.45) is 5.41 Å². The van der Waals surface area contributed by atoms with Crippen LogP contribution in [0.1, 0.15) is 31.0 Å². The number of carboxylic acids is 1. The van der Waals surface area contributed by atoms with Gasteiger partial charge in [-0.3, -0.25) is 0 Å². The second-order valence-corrected chi connectivity index (χ2v) is 6.51. The molecular weight excluding hydrogens is 233 g/mol. The molecule has 90 valence electrons. The third-order valence-electron chi connectivity index (χ3n) is 2.48. The maximum Gasteiger partial charge on any atom is 0.357 e. The molecule has 0 aliphatic rings. The molecule has 0 unspecified atom stereocenters. The summed E-state index contributed by atoms with van der Waals surface area (Å²) in [5.74, 6) is -0.827. The molecule has 1 N–H and O–H groups in total. The lowest BCUT2D eigenvalue weighted by Gasteiger charge is -2.20. The van der Waals surface area contributed by atoms with Crippen LogP contribution in [0.4, 0.5) is 0 Å². The first kappa shape index (κ1) is 12.1. The molecule has 0 saturated heterocycles. The van der Waals surface area contributed by atoms with Crippen LogP contribution in [0.15, 0.2) is 24.3 Å². The van der Waals surface area contributed by atoms with Crippen molar-refractivity contribution in [2.75, 3.05) is 0 Å². The van der Waals surface area contributed by atoms with E-state index >= 15 is 0 Å². The van der Waals surface area contributed by atoms with E-state index in [9.17, 15) is 9.90 Å². The molecule has 0 bridgehead atoms. The fraction of sp³-hybridized carbons (Fsp3) is 0.385. The summed E-state index contributed by atoms with van der Waals surface area (Å²) in [5.41, 5.74) is 1.55. The number of carboxylic acid groups (broad SMARTS) is 1. The molecule has 0 fully saturated rings. The van der Waals surface area contributed by atoms with Crippen LogP contribution in [0.2, 0.25) is 0 Å². The number of benzene rings is 1. The van der Waals surface area contributed by atoms with E-state index in [1.54, 1.807) is 0 Å². The number of para-hydroxylation sites is 1. The molecule has 1 aromatic heterocycles. The van der Waals surface area contributed by atoms with E-state index in [0.29, 0.717) is 5.43 Å². The smallest absolute Gasteiger partial charge is 0.357 e. The predicted molar refractivity (Wildman–Crippen MR) is 70.9 cm³/mol. The van der Waals surface area contributed by atoms with E-state index in [1.165, 1.54) is 0 Å². The molecule has 0 radical (unpaired) electrons. The van der Waals surface area contributed by atoms with Gasteiger partial charge < -0.3 is 9.67 Å². The van der Waals surface area contributed by atoms with E-state index in [0.717, 1.165) is 25.4 Å². The second-order valence-electron chi connectivity index (χ2n) is 5.38. The van der Waals surface area contributed by atoms with Crippen LogP contribution in [0.5, 0.6) is 0 Å². The van der Waals surface area contributed by atoms with Crippen LogP contribution in [0.25, 0.3) is 10.6 Å². The zero-order valence-electron chi connectivity index (χ0n) is 10.3. The number of hydrogen-bond donors (Lipinski definition) is 1. The summed E-state index contributed by atoms with van der Waals surface area (Å²) in [6.07, 6.45) is 0. The Bertz CT molecular complexity index is 566. The zero-order valence-corrected chi connectivity index (χ0v) is 11.2. The largest absolute Gasteiger partial charge is 0.476 e. The van der Waals surface area contributed by atoms with Crippen molar-refractivity contribution in [1.29, 1.82) is 0 Å². The average Bonchev–Trinajstić information content (AvgIpc) is 2.55. The van der Waals surface area contributed by atoms with Gasteiger partial charge >= 0.3 is 5.97 Å². The van der Waals surface area contributed by atoms with Gasteiger partial charge in [-0.1, -0.05) is 32.9 Å². The van der Waals surface area contributed by atoms with E-state index in [-0.39, 0.29) is 5.41 Å². The Morgan fingerprint density at radius 1 is 1.35 bits per heavy atom. The summed E-state index contributed by atoms with van der Waals surface area (Å²) in [5, 5.41) is 10.3. The molecule has 17 heavy (non-hydrogen) atoms.